The van der Waals surface area contributed by atoms with Gasteiger partial charge >= 0.3 is 6.28 Å². The summed E-state index contributed by atoms with van der Waals surface area (Å²) in [4.78, 5) is 0. The molecule has 1 aliphatic heterocycles. The van der Waals surface area contributed by atoms with Gasteiger partial charge < -0.3 is 0 Å². The van der Waals surface area contributed by atoms with Crippen LogP contribution in [0.25, 0.3) is 0 Å². The van der Waals surface area contributed by atoms with E-state index in [-0.39, 0.29) is 22.4 Å². The first-order chi connectivity index (χ1) is 31.2. The number of aryl methyl sites for hydroxylation is 6. The fourth-order valence-corrected chi connectivity index (χ4v) is 16.9. The number of fused-ring (bicyclic) bond motifs is 2. The van der Waals surface area contributed by atoms with Gasteiger partial charge in [-0.25, -0.2) is 43.9 Å². The highest BCUT2D eigenvalue weighted by atomic mass is 35.5. The lowest BCUT2D eigenvalue weighted by atomic mass is 9.23. The van der Waals surface area contributed by atoms with Crippen molar-refractivity contribution in [3.8, 4) is 0 Å². The van der Waals surface area contributed by atoms with Crippen LogP contribution in [0, 0.1) is 106 Å². The largest absolute Gasteiger partial charge is 0.400 e. The van der Waals surface area contributed by atoms with Crippen molar-refractivity contribution in [2.75, 3.05) is 10.7 Å². The molecule has 0 saturated heterocycles. The van der Waals surface area contributed by atoms with Gasteiger partial charge in [0.2, 0.25) is 0 Å². The van der Waals surface area contributed by atoms with Crippen molar-refractivity contribution >= 4 is 81.3 Å². The third-order valence-electron chi connectivity index (χ3n) is 12.9. The Hall–Kier alpha value is -3.71. The molecule has 18 heteroatoms. The van der Waals surface area contributed by atoms with Gasteiger partial charge in [-0.15, -0.1) is 58.0 Å². The number of halogens is 14. The summed E-state index contributed by atoms with van der Waals surface area (Å²) in [5, 5.41) is 15.1. The summed E-state index contributed by atoms with van der Waals surface area (Å²) >= 11 is 19.1. The zero-order chi connectivity index (χ0) is 48.9. The van der Waals surface area contributed by atoms with E-state index in [0.29, 0.717) is 67.7 Å². The highest BCUT2D eigenvalue weighted by molar-refractivity contribution is 7.84. The van der Waals surface area contributed by atoms with E-state index in [9.17, 15) is 5.21 Å². The summed E-state index contributed by atoms with van der Waals surface area (Å²) in [6.45, 7) is 10.4. The average molecular weight is 1020 g/mol. The number of allylic oxidation sites excluding steroid dienone is 4. The molecule has 3 aliphatic rings. The Kier molecular flexibility index (Phi) is 15.7. The molecule has 1 saturated carbocycles. The molecule has 0 spiro atoms. The lowest BCUT2D eigenvalue weighted by molar-refractivity contribution is -0.660. The second-order valence-corrected chi connectivity index (χ2v) is 21.4. The molecule has 352 valence electrons. The molecule has 0 aromatic heterocycles. The van der Waals surface area contributed by atoms with E-state index in [1.54, 1.807) is 96.1 Å². The highest BCUT2D eigenvalue weighted by Crippen LogP contribution is 2.70. The summed E-state index contributed by atoms with van der Waals surface area (Å²) in [7, 11) is -4.40. The summed E-state index contributed by atoms with van der Waals surface area (Å²) in [5.41, 5.74) is 0.296. The van der Waals surface area contributed by atoms with Gasteiger partial charge in [-0.05, 0) is 105 Å². The first-order valence-corrected chi connectivity index (χ1v) is 24.5. The van der Waals surface area contributed by atoms with E-state index in [1.165, 1.54) is 6.08 Å². The van der Waals surface area contributed by atoms with Gasteiger partial charge in [0.15, 0.2) is 42.0 Å². The zero-order valence-electron chi connectivity index (χ0n) is 36.4. The third-order valence-corrected chi connectivity index (χ3v) is 17.7. The van der Waals surface area contributed by atoms with Crippen LogP contribution in [0.2, 0.25) is 0 Å². The Balaban J connectivity index is 0.00000114. The van der Waals surface area contributed by atoms with E-state index < -0.39 is 99.7 Å². The van der Waals surface area contributed by atoms with Crippen molar-refractivity contribution in [1.82, 2.24) is 0 Å². The maximum Gasteiger partial charge on any atom is 0.400 e. The molecule has 2 aliphatic carbocycles. The number of alkyl halides is 4. The topological polar surface area (TPSA) is 23.2 Å². The predicted octanol–water partition coefficient (Wildman–Crippen LogP) is 13.8. The second-order valence-electron chi connectivity index (χ2n) is 16.7. The molecule has 0 bridgehead atoms. The molecule has 1 N–H and O–H groups in total. The molecule has 8 rings (SSSR count). The van der Waals surface area contributed by atoms with Gasteiger partial charge in [0, 0.05) is 21.8 Å². The van der Waals surface area contributed by atoms with Gasteiger partial charge in [-0.2, -0.15) is 5.21 Å². The van der Waals surface area contributed by atoms with Crippen LogP contribution in [0.1, 0.15) is 70.5 Å². The third kappa shape index (κ3) is 7.95. The number of benzene rings is 5. The molecule has 1 heterocycles. The molecule has 0 radical (unpaired) electrons. The predicted molar refractivity (Wildman–Crippen MR) is 246 cm³/mol. The minimum Gasteiger partial charge on any atom is -0.286 e. The molecule has 1 fully saturated rings. The molecule has 0 amide bonds. The van der Waals surface area contributed by atoms with Crippen LogP contribution >= 0.6 is 53.5 Å². The quantitative estimate of drug-likeness (QED) is 0.0465. The van der Waals surface area contributed by atoms with Crippen molar-refractivity contribution in [2.45, 2.75) is 73.1 Å². The van der Waals surface area contributed by atoms with Gasteiger partial charge in [-0.3, -0.25) is 4.40 Å². The summed E-state index contributed by atoms with van der Waals surface area (Å²) < 4.78 is 162. The van der Waals surface area contributed by atoms with Gasteiger partial charge in [0.05, 0.1) is 10.7 Å². The second kappa shape index (κ2) is 20.1. The number of nitrogens with zero attached hydrogens (tertiary/aromatic N) is 1. The Bertz CT molecular complexity index is 2660. The van der Waals surface area contributed by atoms with Crippen molar-refractivity contribution in [1.29, 1.82) is 0 Å². The number of hydrogen-bond acceptors (Lipinski definition) is 0. The summed E-state index contributed by atoms with van der Waals surface area (Å²) in [6.07, 6.45) is -1.54. The van der Waals surface area contributed by atoms with Crippen LogP contribution in [0.3, 0.4) is 0 Å². The molecular weight excluding hydrogens is 980 g/mol. The van der Waals surface area contributed by atoms with Crippen LogP contribution in [0.5, 0.6) is 0 Å². The number of rotatable bonds is 5. The van der Waals surface area contributed by atoms with E-state index in [0.717, 1.165) is 11.1 Å². The van der Waals surface area contributed by atoms with E-state index in [4.69, 9.17) is 46.4 Å². The minimum atomic E-state index is -4.99. The molecule has 2 atom stereocenters. The molecule has 66 heavy (non-hydrogen) atoms. The number of hydrogen-bond donors (Lipinski definition) is 1. The average Bonchev–Trinajstić information content (AvgIpc) is 3.47. The molecule has 0 unspecified atom stereocenters. The lowest BCUT2D eigenvalue weighted by Crippen LogP contribution is -2.70. The molecule has 2 nitrogen and oxygen atoms in total. The molecule has 5 aromatic carbocycles. The molecule has 5 aromatic rings. The van der Waals surface area contributed by atoms with Crippen LogP contribution < -0.4 is 21.5 Å². The van der Waals surface area contributed by atoms with Gasteiger partial charge in [0.25, 0.3) is 0 Å². The maximum atomic E-state index is 17.1. The Morgan fingerprint density at radius 3 is 1.32 bits per heavy atom. The monoisotopic (exact) mass is 1020 g/mol. The summed E-state index contributed by atoms with van der Waals surface area (Å²) in [6, 6.07) is 15.7. The first-order valence-electron chi connectivity index (χ1n) is 20.7. The van der Waals surface area contributed by atoms with Gasteiger partial charge in [0.1, 0.15) is 23.3 Å². The standard InChI is InChI=1S/C46H39BF10NOP.2CH2Cl2/c1-21-16-23(3)44(24(4)17-21)60(45-25(5)18-22(2)19-26(45)6)46-29-15-11-10-14-28(29)30(27-12-8-7-9-13-27)20-31(46)47(58(60)59,32-34(48)38(52)42(56)39(53)35(32)49)33-36(50)40(54)43(57)41(55)37(33)51;2*2-1-3/h7-9,12-13,16-20,28,30,59H,10-11,14-15H2,1-6H3;2*1H2/t28-,30-;;/m0../s1. The van der Waals surface area contributed by atoms with Crippen LogP contribution in [-0.2, 0) is 0 Å². The van der Waals surface area contributed by atoms with Crippen molar-refractivity contribution in [2.24, 2.45) is 5.92 Å². The lowest BCUT2D eigenvalue weighted by Gasteiger charge is -2.41. The normalized spacial score (nSPS) is 18.2. The highest BCUT2D eigenvalue weighted by Gasteiger charge is 2.67. The molecular formula is C48H43BCl4F10NOP. The Morgan fingerprint density at radius 2 is 0.939 bits per heavy atom. The van der Waals surface area contributed by atoms with E-state index >= 15 is 43.9 Å². The van der Waals surface area contributed by atoms with Crippen molar-refractivity contribution in [3.05, 3.63) is 174 Å². The summed E-state index contributed by atoms with van der Waals surface area (Å²) in [5.74, 6) is -27.0. The van der Waals surface area contributed by atoms with Crippen LogP contribution in [0.4, 0.5) is 43.9 Å². The first kappa shape index (κ1) is 51.7. The smallest absolute Gasteiger partial charge is 0.286 e. The minimum absolute atomic E-state index is 0.139. The van der Waals surface area contributed by atoms with Crippen molar-refractivity contribution in [3.63, 3.8) is 0 Å². The zero-order valence-corrected chi connectivity index (χ0v) is 40.3. The van der Waals surface area contributed by atoms with Crippen LogP contribution in [0.15, 0.2) is 77.0 Å². The maximum absolute atomic E-state index is 17.1. The van der Waals surface area contributed by atoms with Crippen LogP contribution in [-0.4, -0.2) is 26.6 Å². The SMILES string of the molecule is Cc1cc(C)c(P2(c3c(C)cc(C)cc3C)=[N+](O)[B-](c3c(F)c(F)c(F)c(F)c3F)(c3c(F)c(F)c(F)c(F)c3F)C3=C[C@@H](c4ccccc4)[C@H]4CCCCC4=C32)c(C)c1.ClCCl.ClCCl. The Morgan fingerprint density at radius 1 is 0.576 bits per heavy atom. The van der Waals surface area contributed by atoms with E-state index in [1.807, 2.05) is 0 Å². The Labute approximate surface area is 396 Å². The van der Waals surface area contributed by atoms with E-state index in [2.05, 4.69) is 0 Å². The fourth-order valence-electron chi connectivity index (χ4n) is 11.1. The fraction of sp³-hybridized carbons (Fsp3) is 0.292. The van der Waals surface area contributed by atoms with Gasteiger partial charge in [-0.1, -0.05) is 77.7 Å². The van der Waals surface area contributed by atoms with Crippen molar-refractivity contribution < 1.29 is 53.5 Å².